The maximum atomic E-state index is 13.2. The van der Waals surface area contributed by atoms with Gasteiger partial charge in [0.25, 0.3) is 0 Å². The Morgan fingerprint density at radius 3 is 2.88 bits per heavy atom. The monoisotopic (exact) mass is 356 g/mol. The van der Waals surface area contributed by atoms with Crippen molar-refractivity contribution in [3.05, 3.63) is 23.9 Å². The Hall–Kier alpha value is -1.83. The van der Waals surface area contributed by atoms with Crippen molar-refractivity contribution in [1.82, 2.24) is 15.2 Å². The first-order valence-electron chi connectivity index (χ1n) is 8.62. The lowest BCUT2D eigenvalue weighted by atomic mass is 9.95. The fraction of sp³-hybridized carbons (Fsp3) is 0.647. The average molecular weight is 356 g/mol. The molecule has 2 fully saturated rings. The number of hydrogen-bond donors (Lipinski definition) is 1. The van der Waals surface area contributed by atoms with E-state index in [4.69, 9.17) is 0 Å². The Bertz CT molecular complexity index is 616. The van der Waals surface area contributed by atoms with E-state index in [9.17, 15) is 18.0 Å². The van der Waals surface area contributed by atoms with Crippen LogP contribution in [0.1, 0.15) is 24.8 Å². The van der Waals surface area contributed by atoms with E-state index in [0.29, 0.717) is 19.4 Å². The third-order valence-corrected chi connectivity index (χ3v) is 5.09. The van der Waals surface area contributed by atoms with Crippen molar-refractivity contribution in [2.75, 3.05) is 38.1 Å². The normalized spacial score (nSPS) is 24.4. The molecule has 0 aliphatic carbocycles. The minimum atomic E-state index is -4.45. The van der Waals surface area contributed by atoms with Gasteiger partial charge in [-0.3, -0.25) is 4.79 Å². The molecular formula is C17H23F3N4O. The van der Waals surface area contributed by atoms with Gasteiger partial charge in [0.2, 0.25) is 5.91 Å². The summed E-state index contributed by atoms with van der Waals surface area (Å²) < 4.78 is 39.7. The summed E-state index contributed by atoms with van der Waals surface area (Å²) in [6.45, 7) is 2.43. The van der Waals surface area contributed by atoms with Crippen LogP contribution in [0.25, 0.3) is 0 Å². The van der Waals surface area contributed by atoms with Gasteiger partial charge < -0.3 is 15.1 Å². The van der Waals surface area contributed by atoms with E-state index in [1.165, 1.54) is 12.3 Å². The first-order chi connectivity index (χ1) is 11.9. The van der Waals surface area contributed by atoms with Crippen molar-refractivity contribution >= 4 is 11.7 Å². The van der Waals surface area contributed by atoms with E-state index < -0.39 is 11.7 Å². The summed E-state index contributed by atoms with van der Waals surface area (Å²) in [7, 11) is 1.79. The van der Waals surface area contributed by atoms with Gasteiger partial charge in [-0.05, 0) is 37.9 Å². The molecule has 5 nitrogen and oxygen atoms in total. The van der Waals surface area contributed by atoms with E-state index in [2.05, 4.69) is 10.3 Å². The number of aromatic nitrogens is 1. The number of alkyl halides is 3. The second-order valence-corrected chi connectivity index (χ2v) is 6.75. The minimum Gasteiger partial charge on any atom is -0.355 e. The molecule has 0 bridgehead atoms. The number of halogens is 3. The highest BCUT2D eigenvalue weighted by Crippen LogP contribution is 2.36. The third kappa shape index (κ3) is 3.89. The number of carbonyl (C=O) groups is 1. The van der Waals surface area contributed by atoms with E-state index >= 15 is 0 Å². The smallest absolute Gasteiger partial charge is 0.355 e. The van der Waals surface area contributed by atoms with Crippen molar-refractivity contribution in [2.45, 2.75) is 31.5 Å². The zero-order valence-electron chi connectivity index (χ0n) is 14.2. The van der Waals surface area contributed by atoms with Crippen LogP contribution in [0.3, 0.4) is 0 Å². The highest BCUT2D eigenvalue weighted by atomic mass is 19.4. The van der Waals surface area contributed by atoms with Gasteiger partial charge >= 0.3 is 6.18 Å². The Balaban J connectivity index is 1.74. The number of hydrogen-bond acceptors (Lipinski definition) is 4. The molecule has 1 aromatic rings. The number of carbonyl (C=O) groups excluding carboxylic acids is 1. The molecule has 0 aromatic carbocycles. The topological polar surface area (TPSA) is 48.5 Å². The minimum absolute atomic E-state index is 0.0166. The first-order valence-corrected chi connectivity index (χ1v) is 8.62. The Labute approximate surface area is 145 Å². The Kier molecular flexibility index (Phi) is 5.17. The largest absolute Gasteiger partial charge is 0.419 e. The molecule has 2 saturated heterocycles. The lowest BCUT2D eigenvalue weighted by molar-refractivity contribution is -0.137. The van der Waals surface area contributed by atoms with Gasteiger partial charge in [0.05, 0.1) is 11.5 Å². The fourth-order valence-corrected chi connectivity index (χ4v) is 3.68. The number of nitrogens with one attached hydrogen (secondary N) is 1. The highest BCUT2D eigenvalue weighted by molar-refractivity contribution is 5.80. The molecule has 3 rings (SSSR count). The van der Waals surface area contributed by atoms with Gasteiger partial charge in [-0.25, -0.2) is 4.98 Å². The molecule has 3 heterocycles. The SMILES string of the molecule is CN(C(=O)[C@H]1CCCN(c2ncccc2C(F)(F)F)C1)[C@H]1CCNC1. The number of nitrogens with zero attached hydrogens (tertiary/aromatic N) is 3. The fourth-order valence-electron chi connectivity index (χ4n) is 3.68. The number of piperidine rings is 1. The van der Waals surface area contributed by atoms with Crippen LogP contribution in [0.5, 0.6) is 0 Å². The molecule has 0 unspecified atom stereocenters. The van der Waals surface area contributed by atoms with Gasteiger partial charge in [-0.1, -0.05) is 0 Å². The van der Waals surface area contributed by atoms with Crippen molar-refractivity contribution in [1.29, 1.82) is 0 Å². The van der Waals surface area contributed by atoms with E-state index in [0.717, 1.165) is 25.6 Å². The summed E-state index contributed by atoms with van der Waals surface area (Å²) >= 11 is 0. The van der Waals surface area contributed by atoms with Crippen LogP contribution in [-0.4, -0.2) is 55.1 Å². The molecule has 2 aliphatic heterocycles. The molecule has 0 spiro atoms. The zero-order chi connectivity index (χ0) is 18.0. The summed E-state index contributed by atoms with van der Waals surface area (Å²) in [6.07, 6.45) is -0.786. The van der Waals surface area contributed by atoms with Crippen LogP contribution in [0.15, 0.2) is 18.3 Å². The summed E-state index contributed by atoms with van der Waals surface area (Å²) in [4.78, 5) is 20.1. The van der Waals surface area contributed by atoms with Gasteiger partial charge in [-0.2, -0.15) is 13.2 Å². The van der Waals surface area contributed by atoms with Crippen LogP contribution < -0.4 is 10.2 Å². The van der Waals surface area contributed by atoms with Gasteiger partial charge in [0.1, 0.15) is 5.82 Å². The van der Waals surface area contributed by atoms with Crippen LogP contribution >= 0.6 is 0 Å². The quantitative estimate of drug-likeness (QED) is 0.902. The Morgan fingerprint density at radius 2 is 2.20 bits per heavy atom. The van der Waals surface area contributed by atoms with Crippen molar-refractivity contribution in [3.63, 3.8) is 0 Å². The molecule has 8 heteroatoms. The Morgan fingerprint density at radius 1 is 1.40 bits per heavy atom. The molecule has 138 valence electrons. The average Bonchev–Trinajstić information content (AvgIpc) is 3.14. The summed E-state index contributed by atoms with van der Waals surface area (Å²) in [5.41, 5.74) is -0.739. The number of rotatable bonds is 3. The van der Waals surface area contributed by atoms with E-state index in [1.54, 1.807) is 16.8 Å². The summed E-state index contributed by atoms with van der Waals surface area (Å²) in [5.74, 6) is -0.344. The van der Waals surface area contributed by atoms with E-state index in [-0.39, 0.29) is 30.2 Å². The molecule has 0 radical (unpaired) electrons. The highest BCUT2D eigenvalue weighted by Gasteiger charge is 2.38. The molecule has 1 amide bonds. The first kappa shape index (κ1) is 18.0. The van der Waals surface area contributed by atoms with Crippen LogP contribution in [0.4, 0.5) is 19.0 Å². The predicted octanol–water partition coefficient (Wildman–Crippen LogP) is 2.14. The summed E-state index contributed by atoms with van der Waals surface area (Å²) in [5, 5.41) is 3.23. The number of pyridine rings is 1. The number of likely N-dealkylation sites (N-methyl/N-ethyl adjacent to an activating group) is 1. The molecule has 0 saturated carbocycles. The van der Waals surface area contributed by atoms with Crippen molar-refractivity contribution in [2.24, 2.45) is 5.92 Å². The lowest BCUT2D eigenvalue weighted by Crippen LogP contribution is -2.47. The van der Waals surface area contributed by atoms with Crippen LogP contribution in [0.2, 0.25) is 0 Å². The zero-order valence-corrected chi connectivity index (χ0v) is 14.2. The standard InChI is InChI=1S/C17H23F3N4O/c1-23(13-6-8-21-10-13)16(25)12-4-3-9-24(11-12)15-14(17(18,19)20)5-2-7-22-15/h2,5,7,12-13,21H,3-4,6,8-11H2,1H3/t12-,13-/m0/s1. The van der Waals surface area contributed by atoms with Gasteiger partial charge in [0, 0.05) is 38.9 Å². The third-order valence-electron chi connectivity index (χ3n) is 5.09. The number of amides is 1. The van der Waals surface area contributed by atoms with E-state index in [1.807, 2.05) is 0 Å². The second kappa shape index (κ2) is 7.19. The van der Waals surface area contributed by atoms with Gasteiger partial charge in [0.15, 0.2) is 0 Å². The molecule has 2 atom stereocenters. The maximum Gasteiger partial charge on any atom is 0.419 e. The van der Waals surface area contributed by atoms with Crippen LogP contribution in [0, 0.1) is 5.92 Å². The molecule has 2 aliphatic rings. The molecule has 1 aromatic heterocycles. The summed E-state index contributed by atoms with van der Waals surface area (Å²) in [6, 6.07) is 2.51. The number of anilines is 1. The van der Waals surface area contributed by atoms with Crippen molar-refractivity contribution < 1.29 is 18.0 Å². The second-order valence-electron chi connectivity index (χ2n) is 6.75. The predicted molar refractivity (Wildman–Crippen MR) is 88.2 cm³/mol. The maximum absolute atomic E-state index is 13.2. The molecule has 1 N–H and O–H groups in total. The molecular weight excluding hydrogens is 333 g/mol. The molecule has 25 heavy (non-hydrogen) atoms. The van der Waals surface area contributed by atoms with Crippen LogP contribution in [-0.2, 0) is 11.0 Å². The van der Waals surface area contributed by atoms with Gasteiger partial charge in [-0.15, -0.1) is 0 Å². The lowest BCUT2D eigenvalue weighted by Gasteiger charge is -2.36. The van der Waals surface area contributed by atoms with Crippen molar-refractivity contribution in [3.8, 4) is 0 Å².